The number of carbonyl (C=O) groups excluding carboxylic acids is 1. The Morgan fingerprint density at radius 3 is 2.32 bits per heavy atom. The summed E-state index contributed by atoms with van der Waals surface area (Å²) in [6.45, 7) is 8.15. The number of hydrogen-bond donors (Lipinski definition) is 1. The zero-order valence-electron chi connectivity index (χ0n) is 15.0. The highest BCUT2D eigenvalue weighted by Gasteiger charge is 2.22. The second-order valence-electron chi connectivity index (χ2n) is 5.89. The Hall–Kier alpha value is -2.18. The third-order valence-corrected chi connectivity index (χ3v) is 6.13. The normalized spacial score (nSPS) is 11.6. The van der Waals surface area contributed by atoms with Crippen LogP contribution >= 0.6 is 0 Å². The lowest BCUT2D eigenvalue weighted by Crippen LogP contribution is -2.30. The van der Waals surface area contributed by atoms with Gasteiger partial charge in [-0.25, -0.2) is 8.42 Å². The average Bonchev–Trinajstić information content (AvgIpc) is 2.57. The van der Waals surface area contributed by atoms with E-state index in [1.54, 1.807) is 38.1 Å². The summed E-state index contributed by atoms with van der Waals surface area (Å²) in [4.78, 5) is 12.6. The highest BCUT2D eigenvalue weighted by Crippen LogP contribution is 2.23. The van der Waals surface area contributed by atoms with Gasteiger partial charge in [-0.15, -0.1) is 0 Å². The van der Waals surface area contributed by atoms with Crippen LogP contribution in [0.15, 0.2) is 47.4 Å². The molecule has 0 aliphatic heterocycles. The Kier molecular flexibility index (Phi) is 5.98. The number of aryl methyl sites for hydroxylation is 2. The summed E-state index contributed by atoms with van der Waals surface area (Å²) in [6.07, 6.45) is 0. The summed E-state index contributed by atoms with van der Waals surface area (Å²) < 4.78 is 26.7. The van der Waals surface area contributed by atoms with Gasteiger partial charge in [0.2, 0.25) is 10.0 Å². The average molecular weight is 360 g/mol. The van der Waals surface area contributed by atoms with E-state index in [1.165, 1.54) is 10.4 Å². The minimum Gasteiger partial charge on any atom is -0.322 e. The monoisotopic (exact) mass is 360 g/mol. The summed E-state index contributed by atoms with van der Waals surface area (Å²) in [7, 11) is -3.57. The molecule has 5 nitrogen and oxygen atoms in total. The molecule has 1 amide bonds. The number of rotatable bonds is 6. The maximum absolute atomic E-state index is 12.7. The van der Waals surface area contributed by atoms with Gasteiger partial charge in [-0.2, -0.15) is 4.31 Å². The fraction of sp³-hybridized carbons (Fsp3) is 0.316. The van der Waals surface area contributed by atoms with E-state index in [4.69, 9.17) is 0 Å². The molecule has 0 aromatic heterocycles. The Balaban J connectivity index is 2.35. The first kappa shape index (κ1) is 19.1. The van der Waals surface area contributed by atoms with Crippen LogP contribution in [0.3, 0.4) is 0 Å². The van der Waals surface area contributed by atoms with Crippen LogP contribution in [0.1, 0.15) is 35.3 Å². The molecule has 0 fully saturated rings. The van der Waals surface area contributed by atoms with E-state index in [-0.39, 0.29) is 10.8 Å². The minimum atomic E-state index is -3.57. The predicted molar refractivity (Wildman–Crippen MR) is 100 cm³/mol. The van der Waals surface area contributed by atoms with Gasteiger partial charge in [0.05, 0.1) is 4.90 Å². The first-order valence-corrected chi connectivity index (χ1v) is 9.72. The van der Waals surface area contributed by atoms with Crippen LogP contribution in [0.25, 0.3) is 0 Å². The van der Waals surface area contributed by atoms with Crippen molar-refractivity contribution >= 4 is 21.6 Å². The molecule has 1 N–H and O–H groups in total. The second kappa shape index (κ2) is 7.80. The third kappa shape index (κ3) is 4.27. The van der Waals surface area contributed by atoms with Gasteiger partial charge in [-0.05, 0) is 43.7 Å². The SMILES string of the molecule is CCN(CC)S(=O)(=O)c1ccc(C)c(NC(=O)c2cccc(C)c2)c1. The van der Waals surface area contributed by atoms with Crippen LogP contribution in [-0.2, 0) is 10.0 Å². The van der Waals surface area contributed by atoms with Gasteiger partial charge in [0.15, 0.2) is 0 Å². The lowest BCUT2D eigenvalue weighted by Gasteiger charge is -2.19. The second-order valence-corrected chi connectivity index (χ2v) is 7.83. The van der Waals surface area contributed by atoms with Crippen molar-refractivity contribution in [3.63, 3.8) is 0 Å². The number of sulfonamides is 1. The highest BCUT2D eigenvalue weighted by atomic mass is 32.2. The number of nitrogens with zero attached hydrogens (tertiary/aromatic N) is 1. The van der Waals surface area contributed by atoms with Gasteiger partial charge < -0.3 is 5.32 Å². The number of anilines is 1. The zero-order chi connectivity index (χ0) is 18.6. The smallest absolute Gasteiger partial charge is 0.255 e. The summed E-state index contributed by atoms with van der Waals surface area (Å²) in [5, 5.41) is 2.82. The standard InChI is InChI=1S/C19H24N2O3S/c1-5-21(6-2)25(23,24)17-11-10-15(4)18(13-17)20-19(22)16-9-7-8-14(3)12-16/h7-13H,5-6H2,1-4H3,(H,20,22). The molecule has 0 spiro atoms. The number of benzene rings is 2. The Morgan fingerprint density at radius 1 is 1.04 bits per heavy atom. The van der Waals surface area contributed by atoms with Crippen LogP contribution in [0.5, 0.6) is 0 Å². The molecule has 0 saturated heterocycles. The molecule has 0 aliphatic rings. The van der Waals surface area contributed by atoms with E-state index in [2.05, 4.69) is 5.32 Å². The van der Waals surface area contributed by atoms with Crippen molar-refractivity contribution < 1.29 is 13.2 Å². The minimum absolute atomic E-state index is 0.182. The molecular weight excluding hydrogens is 336 g/mol. The van der Waals surface area contributed by atoms with Crippen molar-refractivity contribution in [2.24, 2.45) is 0 Å². The van der Waals surface area contributed by atoms with E-state index in [0.717, 1.165) is 11.1 Å². The van der Waals surface area contributed by atoms with Gasteiger partial charge in [0.1, 0.15) is 0 Å². The Labute approximate surface area is 149 Å². The number of amides is 1. The quantitative estimate of drug-likeness (QED) is 0.856. The van der Waals surface area contributed by atoms with E-state index < -0.39 is 10.0 Å². The molecule has 0 atom stereocenters. The lowest BCUT2D eigenvalue weighted by molar-refractivity contribution is 0.102. The van der Waals surface area contributed by atoms with Crippen molar-refractivity contribution in [3.05, 3.63) is 59.2 Å². The predicted octanol–water partition coefficient (Wildman–Crippen LogP) is 3.59. The van der Waals surface area contributed by atoms with Crippen molar-refractivity contribution in [2.75, 3.05) is 18.4 Å². The topological polar surface area (TPSA) is 66.5 Å². The Morgan fingerprint density at radius 2 is 1.72 bits per heavy atom. The molecule has 0 bridgehead atoms. The summed E-state index contributed by atoms with van der Waals surface area (Å²) in [5.41, 5.74) is 2.83. The molecule has 0 radical (unpaired) electrons. The fourth-order valence-electron chi connectivity index (χ4n) is 2.59. The largest absolute Gasteiger partial charge is 0.322 e. The van der Waals surface area contributed by atoms with Crippen LogP contribution in [-0.4, -0.2) is 31.7 Å². The van der Waals surface area contributed by atoms with Crippen LogP contribution < -0.4 is 5.32 Å². The van der Waals surface area contributed by atoms with Crippen LogP contribution in [0.2, 0.25) is 0 Å². The van der Waals surface area contributed by atoms with Gasteiger partial charge >= 0.3 is 0 Å². The third-order valence-electron chi connectivity index (χ3n) is 4.08. The highest BCUT2D eigenvalue weighted by molar-refractivity contribution is 7.89. The number of carbonyl (C=O) groups is 1. The van der Waals surface area contributed by atoms with E-state index in [9.17, 15) is 13.2 Å². The molecule has 2 rings (SSSR count). The molecule has 0 aliphatic carbocycles. The van der Waals surface area contributed by atoms with E-state index >= 15 is 0 Å². The molecule has 2 aromatic rings. The van der Waals surface area contributed by atoms with E-state index in [0.29, 0.717) is 24.3 Å². The fourth-order valence-corrected chi connectivity index (χ4v) is 4.07. The maximum Gasteiger partial charge on any atom is 0.255 e. The van der Waals surface area contributed by atoms with Gasteiger partial charge in [-0.1, -0.05) is 37.6 Å². The van der Waals surface area contributed by atoms with Crippen LogP contribution in [0, 0.1) is 13.8 Å². The molecule has 25 heavy (non-hydrogen) atoms. The van der Waals surface area contributed by atoms with Gasteiger partial charge in [0, 0.05) is 24.3 Å². The molecule has 0 unspecified atom stereocenters. The molecule has 2 aromatic carbocycles. The maximum atomic E-state index is 12.7. The molecule has 134 valence electrons. The first-order chi connectivity index (χ1) is 11.8. The Bertz CT molecular complexity index is 872. The van der Waals surface area contributed by atoms with Crippen molar-refractivity contribution in [3.8, 4) is 0 Å². The summed E-state index contributed by atoms with van der Waals surface area (Å²) >= 11 is 0. The van der Waals surface area contributed by atoms with Crippen molar-refractivity contribution in [1.29, 1.82) is 0 Å². The lowest BCUT2D eigenvalue weighted by atomic mass is 10.1. The summed E-state index contributed by atoms with van der Waals surface area (Å²) in [5.74, 6) is -0.260. The zero-order valence-corrected chi connectivity index (χ0v) is 15.9. The molecule has 0 heterocycles. The van der Waals surface area contributed by atoms with Gasteiger partial charge in [0.25, 0.3) is 5.91 Å². The van der Waals surface area contributed by atoms with Crippen LogP contribution in [0.4, 0.5) is 5.69 Å². The number of nitrogens with one attached hydrogen (secondary N) is 1. The van der Waals surface area contributed by atoms with Crippen molar-refractivity contribution in [2.45, 2.75) is 32.6 Å². The van der Waals surface area contributed by atoms with E-state index in [1.807, 2.05) is 26.0 Å². The molecular formula is C19H24N2O3S. The molecule has 0 saturated carbocycles. The first-order valence-electron chi connectivity index (χ1n) is 8.28. The summed E-state index contributed by atoms with van der Waals surface area (Å²) in [6, 6.07) is 12.1. The number of hydrogen-bond acceptors (Lipinski definition) is 3. The van der Waals surface area contributed by atoms with Gasteiger partial charge in [-0.3, -0.25) is 4.79 Å². The molecule has 6 heteroatoms. The van der Waals surface area contributed by atoms with Crippen molar-refractivity contribution in [1.82, 2.24) is 4.31 Å².